The fourth-order valence-corrected chi connectivity index (χ4v) is 3.70. The topological polar surface area (TPSA) is 183 Å². The van der Waals surface area contributed by atoms with Crippen molar-refractivity contribution < 1.29 is 35.4 Å². The van der Waals surface area contributed by atoms with Crippen LogP contribution in [-0.2, 0) is 20.2 Å². The Labute approximate surface area is 266 Å². The maximum absolute atomic E-state index is 10.9. The standard InChI is InChI=1S/C20H28N6O8S2.2Na/c1-25(9-11-35(27,28)29)23-21-17-7-5-15(13-19(17)33-3)16-6-8-18(20(14-16)34-4)22-24-26(2)10-12-36(30,31)32;;/h5-8,13-14H,9-12H2,1-4H3,(H,27,28,29)(H,30,31,32);;. The van der Waals surface area contributed by atoms with Crippen molar-refractivity contribution in [3.05, 3.63) is 36.4 Å². The van der Waals surface area contributed by atoms with Gasteiger partial charge in [0.1, 0.15) is 22.9 Å². The molecule has 2 rings (SSSR count). The predicted molar refractivity (Wildman–Crippen MR) is 144 cm³/mol. The van der Waals surface area contributed by atoms with E-state index in [0.717, 1.165) is 11.1 Å². The largest absolute Gasteiger partial charge is 0.494 e. The summed E-state index contributed by atoms with van der Waals surface area (Å²) in [6.45, 7) is -0.0783. The molecule has 0 fully saturated rings. The van der Waals surface area contributed by atoms with Gasteiger partial charge in [0.2, 0.25) is 0 Å². The average molecular weight is 591 g/mol. The molecule has 18 heteroatoms. The van der Waals surface area contributed by atoms with Crippen molar-refractivity contribution in [1.29, 1.82) is 0 Å². The van der Waals surface area contributed by atoms with E-state index in [1.165, 1.54) is 38.3 Å². The van der Waals surface area contributed by atoms with Crippen LogP contribution in [-0.4, -0.2) is 148 Å². The molecule has 0 spiro atoms. The van der Waals surface area contributed by atoms with Crippen molar-refractivity contribution >= 4 is 90.7 Å². The third-order valence-corrected chi connectivity index (χ3v) is 6.05. The van der Waals surface area contributed by atoms with E-state index in [-0.39, 0.29) is 72.2 Å². The Morgan fingerprint density at radius 2 is 1.05 bits per heavy atom. The summed E-state index contributed by atoms with van der Waals surface area (Å²) in [7, 11) is -2.21. The van der Waals surface area contributed by atoms with Crippen molar-refractivity contribution in [3.63, 3.8) is 0 Å². The van der Waals surface area contributed by atoms with Crippen LogP contribution < -0.4 is 9.47 Å². The van der Waals surface area contributed by atoms with Gasteiger partial charge in [0, 0.05) is 73.2 Å². The maximum atomic E-state index is 10.9. The van der Waals surface area contributed by atoms with Crippen LogP contribution in [0.4, 0.5) is 11.4 Å². The summed E-state index contributed by atoms with van der Waals surface area (Å²) in [5.41, 5.74) is 2.37. The van der Waals surface area contributed by atoms with Crippen LogP contribution >= 0.6 is 0 Å². The fraction of sp³-hybridized carbons (Fsp3) is 0.400. The van der Waals surface area contributed by atoms with Crippen LogP contribution in [0.5, 0.6) is 11.5 Å². The first kappa shape index (κ1) is 36.7. The molecular weight excluding hydrogens is 562 g/mol. The summed E-state index contributed by atoms with van der Waals surface area (Å²) in [6, 6.07) is 10.4. The Bertz CT molecular complexity index is 1230. The van der Waals surface area contributed by atoms with Gasteiger partial charge in [-0.05, 0) is 35.4 Å². The van der Waals surface area contributed by atoms with Crippen molar-refractivity contribution in [2.45, 2.75) is 0 Å². The minimum absolute atomic E-state index is 0. The van der Waals surface area contributed by atoms with Crippen molar-refractivity contribution in [2.75, 3.05) is 52.9 Å². The molecule has 0 aliphatic carbocycles. The SMILES string of the molecule is COc1cc(-c2ccc(N=NN(C)CCS(=O)(=O)O)c(OC)c2)ccc1N=NN(C)CCS(=O)(=O)O.[Na].[Na]. The van der Waals surface area contributed by atoms with Crippen LogP contribution in [0, 0.1) is 0 Å². The van der Waals surface area contributed by atoms with Crippen LogP contribution in [0.15, 0.2) is 57.1 Å². The molecule has 0 heterocycles. The number of hydrogen-bond acceptors (Lipinski definition) is 10. The van der Waals surface area contributed by atoms with Crippen molar-refractivity contribution in [2.24, 2.45) is 20.7 Å². The molecule has 2 radical (unpaired) electrons. The van der Waals surface area contributed by atoms with E-state index in [1.54, 1.807) is 36.4 Å². The zero-order valence-corrected chi connectivity index (χ0v) is 27.8. The summed E-state index contributed by atoms with van der Waals surface area (Å²) in [4.78, 5) is 0. The van der Waals surface area contributed by atoms with Crippen molar-refractivity contribution in [1.82, 2.24) is 10.0 Å². The van der Waals surface area contributed by atoms with Gasteiger partial charge >= 0.3 is 0 Å². The number of hydrogen-bond donors (Lipinski definition) is 2. The summed E-state index contributed by atoms with van der Waals surface area (Å²) >= 11 is 0. The zero-order chi connectivity index (χ0) is 26.9. The minimum atomic E-state index is -4.10. The first-order valence-corrected chi connectivity index (χ1v) is 13.6. The van der Waals surface area contributed by atoms with Gasteiger partial charge in [-0.3, -0.25) is 19.1 Å². The molecule has 0 aliphatic rings. The fourth-order valence-electron chi connectivity index (χ4n) is 2.71. The third kappa shape index (κ3) is 13.1. The molecule has 2 aromatic rings. The summed E-state index contributed by atoms with van der Waals surface area (Å²) in [6.07, 6.45) is 0. The van der Waals surface area contributed by atoms with Crippen LogP contribution in [0.3, 0.4) is 0 Å². The second-order valence-electron chi connectivity index (χ2n) is 7.49. The van der Waals surface area contributed by atoms with E-state index >= 15 is 0 Å². The smallest absolute Gasteiger partial charge is 0.266 e. The van der Waals surface area contributed by atoms with Gasteiger partial charge < -0.3 is 9.47 Å². The first-order chi connectivity index (χ1) is 16.8. The van der Waals surface area contributed by atoms with Gasteiger partial charge in [-0.15, -0.1) is 10.2 Å². The Kier molecular flexibility index (Phi) is 16.1. The molecule has 38 heavy (non-hydrogen) atoms. The molecule has 0 amide bonds. The van der Waals surface area contributed by atoms with Gasteiger partial charge in [0.05, 0.1) is 38.8 Å². The summed E-state index contributed by atoms with van der Waals surface area (Å²) < 4.78 is 71.9. The summed E-state index contributed by atoms with van der Waals surface area (Å²) in [5, 5.41) is 18.5. The molecule has 200 valence electrons. The Morgan fingerprint density at radius 1 is 0.711 bits per heavy atom. The van der Waals surface area contributed by atoms with Gasteiger partial charge in [-0.1, -0.05) is 22.6 Å². The number of rotatable bonds is 13. The Hall–Kier alpha value is -1.34. The van der Waals surface area contributed by atoms with Crippen molar-refractivity contribution in [3.8, 4) is 22.6 Å². The van der Waals surface area contributed by atoms with Gasteiger partial charge in [0.15, 0.2) is 0 Å². The van der Waals surface area contributed by atoms with Gasteiger partial charge in [-0.25, -0.2) is 0 Å². The molecule has 0 bridgehead atoms. The number of methoxy groups -OCH3 is 2. The minimum Gasteiger partial charge on any atom is -0.494 e. The van der Waals surface area contributed by atoms with E-state index in [1.807, 2.05) is 0 Å². The van der Waals surface area contributed by atoms with Crippen LogP contribution in [0.2, 0.25) is 0 Å². The molecule has 0 aromatic heterocycles. The van der Waals surface area contributed by atoms with E-state index < -0.39 is 31.7 Å². The number of nitrogens with zero attached hydrogens (tertiary/aromatic N) is 6. The molecular formula is C20H28N6Na2O8S2. The average Bonchev–Trinajstić information content (AvgIpc) is 2.82. The molecule has 14 nitrogen and oxygen atoms in total. The quantitative estimate of drug-likeness (QED) is 0.152. The van der Waals surface area contributed by atoms with E-state index in [2.05, 4.69) is 20.7 Å². The molecule has 0 atom stereocenters. The molecule has 2 aromatic carbocycles. The molecule has 2 N–H and O–H groups in total. The second-order valence-corrected chi connectivity index (χ2v) is 10.6. The molecule has 0 saturated heterocycles. The number of benzene rings is 2. The molecule has 0 unspecified atom stereocenters. The second kappa shape index (κ2) is 16.7. The van der Waals surface area contributed by atoms with Gasteiger partial charge in [-0.2, -0.15) is 16.8 Å². The van der Waals surface area contributed by atoms with E-state index in [9.17, 15) is 16.8 Å². The van der Waals surface area contributed by atoms with Gasteiger partial charge in [0.25, 0.3) is 20.2 Å². The van der Waals surface area contributed by atoms with Crippen LogP contribution in [0.1, 0.15) is 0 Å². The molecule has 0 saturated carbocycles. The summed E-state index contributed by atoms with van der Waals surface area (Å²) in [5.74, 6) is -0.113. The molecule has 0 aliphatic heterocycles. The van der Waals surface area contributed by atoms with E-state index in [4.69, 9.17) is 18.6 Å². The monoisotopic (exact) mass is 590 g/mol. The Morgan fingerprint density at radius 3 is 1.34 bits per heavy atom. The van der Waals surface area contributed by atoms with Crippen LogP contribution in [0.25, 0.3) is 11.1 Å². The number of ether oxygens (including phenoxy) is 2. The third-order valence-electron chi connectivity index (χ3n) is 4.65. The maximum Gasteiger partial charge on any atom is 0.266 e. The van der Waals surface area contributed by atoms with E-state index in [0.29, 0.717) is 22.9 Å². The first-order valence-electron chi connectivity index (χ1n) is 10.3. The zero-order valence-electron chi connectivity index (χ0n) is 22.1. The predicted octanol–water partition coefficient (Wildman–Crippen LogP) is 2.25. The normalized spacial score (nSPS) is 11.6. The Balaban J connectivity index is 0.00000684.